The molecule has 0 spiro atoms. The Balaban J connectivity index is 1.38. The Hall–Kier alpha value is -2.22. The molecule has 0 bridgehead atoms. The van der Waals surface area contributed by atoms with E-state index in [1.54, 1.807) is 12.1 Å². The highest BCUT2D eigenvalue weighted by atomic mass is 28.4. The summed E-state index contributed by atoms with van der Waals surface area (Å²) in [7, 11) is -1.69. The molecule has 1 fully saturated rings. The highest BCUT2D eigenvalue weighted by molar-refractivity contribution is 6.74. The van der Waals surface area contributed by atoms with Crippen LogP contribution in [0, 0.1) is 0 Å². The van der Waals surface area contributed by atoms with E-state index in [2.05, 4.69) is 49.9 Å². The summed E-state index contributed by atoms with van der Waals surface area (Å²) in [6.45, 7) is 14.6. The summed E-state index contributed by atoms with van der Waals surface area (Å²) in [5.41, 5.74) is 3.80. The molecule has 1 aromatic carbocycles. The van der Waals surface area contributed by atoms with Gasteiger partial charge in [-0.3, -0.25) is 4.90 Å². The third kappa shape index (κ3) is 5.48. The summed E-state index contributed by atoms with van der Waals surface area (Å²) in [5, 5.41) is 14.6. The average Bonchev–Trinajstić information content (AvgIpc) is 3.37. The van der Waals surface area contributed by atoms with E-state index < -0.39 is 8.32 Å². The van der Waals surface area contributed by atoms with Crippen molar-refractivity contribution in [2.75, 3.05) is 19.7 Å². The van der Waals surface area contributed by atoms with Gasteiger partial charge in [0.15, 0.2) is 14.0 Å². The topological polar surface area (TPSA) is 62.9 Å². The zero-order chi connectivity index (χ0) is 23.6. The van der Waals surface area contributed by atoms with Crippen molar-refractivity contribution < 1.29 is 9.53 Å². The van der Waals surface area contributed by atoms with Gasteiger partial charge in [-0.15, -0.1) is 0 Å². The van der Waals surface area contributed by atoms with Crippen LogP contribution in [-0.2, 0) is 10.8 Å². The zero-order valence-corrected chi connectivity index (χ0v) is 21.7. The fourth-order valence-electron chi connectivity index (χ4n) is 4.39. The van der Waals surface area contributed by atoms with Crippen LogP contribution in [0.1, 0.15) is 45.7 Å². The van der Waals surface area contributed by atoms with E-state index in [-0.39, 0.29) is 10.8 Å². The van der Waals surface area contributed by atoms with Crippen molar-refractivity contribution >= 4 is 14.0 Å². The Morgan fingerprint density at radius 3 is 2.79 bits per heavy atom. The number of phenols is 1. The molecule has 0 amide bonds. The Morgan fingerprint density at radius 2 is 2.03 bits per heavy atom. The van der Waals surface area contributed by atoms with Crippen molar-refractivity contribution in [2.24, 2.45) is 0 Å². The minimum absolute atomic E-state index is 0.252. The first kappa shape index (κ1) is 23.9. The van der Waals surface area contributed by atoms with Crippen LogP contribution in [0.15, 0.2) is 42.7 Å². The molecule has 6 nitrogen and oxygen atoms in total. The van der Waals surface area contributed by atoms with Crippen LogP contribution in [0.4, 0.5) is 0 Å². The molecule has 0 saturated carbocycles. The maximum atomic E-state index is 9.86. The number of aromatic hydroxyl groups is 1. The Labute approximate surface area is 198 Å². The SMILES string of the molecule is CC(C)(C)[Si](C)(C)OCCN1CCCC1CCc1ccn2ncc(-c3cccc(O)c3)c2n1. The highest BCUT2D eigenvalue weighted by Crippen LogP contribution is 2.36. The van der Waals surface area contributed by atoms with Crippen molar-refractivity contribution in [1.29, 1.82) is 0 Å². The summed E-state index contributed by atoms with van der Waals surface area (Å²) in [4.78, 5) is 7.54. The molecule has 1 atom stereocenters. The number of likely N-dealkylation sites (tertiary alicyclic amines) is 1. The summed E-state index contributed by atoms with van der Waals surface area (Å²) in [5.74, 6) is 0.252. The molecule has 0 radical (unpaired) electrons. The quantitative estimate of drug-likeness (QED) is 0.443. The van der Waals surface area contributed by atoms with Crippen LogP contribution in [0.5, 0.6) is 5.75 Å². The normalized spacial score (nSPS) is 17.8. The van der Waals surface area contributed by atoms with Crippen molar-refractivity contribution in [2.45, 2.75) is 70.6 Å². The van der Waals surface area contributed by atoms with Crippen LogP contribution >= 0.6 is 0 Å². The van der Waals surface area contributed by atoms with Crippen LogP contribution in [0.25, 0.3) is 16.8 Å². The third-order valence-corrected chi connectivity index (χ3v) is 12.0. The van der Waals surface area contributed by atoms with Crippen LogP contribution in [0.2, 0.25) is 18.1 Å². The minimum Gasteiger partial charge on any atom is -0.508 e. The van der Waals surface area contributed by atoms with Gasteiger partial charge < -0.3 is 9.53 Å². The number of rotatable bonds is 8. The predicted molar refractivity (Wildman–Crippen MR) is 136 cm³/mol. The maximum Gasteiger partial charge on any atom is 0.192 e. The number of phenolic OH excluding ortho intramolecular Hbond substituents is 1. The van der Waals surface area contributed by atoms with Crippen molar-refractivity contribution in [3.63, 3.8) is 0 Å². The van der Waals surface area contributed by atoms with Crippen LogP contribution in [-0.4, -0.2) is 58.7 Å². The van der Waals surface area contributed by atoms with Gasteiger partial charge in [0.2, 0.25) is 0 Å². The fourth-order valence-corrected chi connectivity index (χ4v) is 5.42. The second-order valence-electron chi connectivity index (χ2n) is 10.8. The lowest BCUT2D eigenvalue weighted by Gasteiger charge is -2.37. The predicted octanol–water partition coefficient (Wildman–Crippen LogP) is 5.52. The lowest BCUT2D eigenvalue weighted by atomic mass is 10.1. The molecule has 2 aromatic heterocycles. The molecule has 1 N–H and O–H groups in total. The highest BCUT2D eigenvalue weighted by Gasteiger charge is 2.37. The average molecular weight is 467 g/mol. The number of aromatic nitrogens is 3. The smallest absolute Gasteiger partial charge is 0.192 e. The monoisotopic (exact) mass is 466 g/mol. The van der Waals surface area contributed by atoms with Crippen LogP contribution in [0.3, 0.4) is 0 Å². The molecule has 1 unspecified atom stereocenters. The van der Waals surface area contributed by atoms with Crippen molar-refractivity contribution in [3.05, 3.63) is 48.4 Å². The summed E-state index contributed by atoms with van der Waals surface area (Å²) < 4.78 is 8.24. The summed E-state index contributed by atoms with van der Waals surface area (Å²) in [6.07, 6.45) is 8.39. The van der Waals surface area contributed by atoms with E-state index in [0.717, 1.165) is 48.5 Å². The molecule has 0 aliphatic carbocycles. The lowest BCUT2D eigenvalue weighted by molar-refractivity contribution is 0.182. The first-order chi connectivity index (χ1) is 15.6. The van der Waals surface area contributed by atoms with Crippen molar-refractivity contribution in [1.82, 2.24) is 19.5 Å². The fraction of sp³-hybridized carbons (Fsp3) is 0.538. The molecule has 1 saturated heterocycles. The van der Waals surface area contributed by atoms with Gasteiger partial charge in [-0.25, -0.2) is 9.50 Å². The molecular formula is C26H38N4O2Si. The molecule has 3 aromatic rings. The van der Waals surface area contributed by atoms with Gasteiger partial charge in [-0.05, 0) is 74.1 Å². The number of benzene rings is 1. The zero-order valence-electron chi connectivity index (χ0n) is 20.7. The Bertz CT molecular complexity index is 1090. The van der Waals surface area contributed by atoms with E-state index >= 15 is 0 Å². The van der Waals surface area contributed by atoms with E-state index in [4.69, 9.17) is 9.41 Å². The maximum absolute atomic E-state index is 9.86. The van der Waals surface area contributed by atoms with Gasteiger partial charge in [0.1, 0.15) is 5.75 Å². The van der Waals surface area contributed by atoms with E-state index in [9.17, 15) is 5.11 Å². The minimum atomic E-state index is -1.69. The molecule has 4 rings (SSSR count). The molecule has 178 valence electrons. The molecule has 7 heteroatoms. The van der Waals surface area contributed by atoms with Gasteiger partial charge >= 0.3 is 0 Å². The van der Waals surface area contributed by atoms with Gasteiger partial charge in [0.25, 0.3) is 0 Å². The largest absolute Gasteiger partial charge is 0.508 e. The Kier molecular flexibility index (Phi) is 6.93. The molecule has 3 heterocycles. The summed E-state index contributed by atoms with van der Waals surface area (Å²) in [6, 6.07) is 9.94. The first-order valence-electron chi connectivity index (χ1n) is 12.1. The number of aryl methyl sites for hydroxylation is 1. The molecule has 33 heavy (non-hydrogen) atoms. The second kappa shape index (κ2) is 9.56. The van der Waals surface area contributed by atoms with E-state index in [1.807, 2.05) is 29.0 Å². The van der Waals surface area contributed by atoms with Gasteiger partial charge in [-0.2, -0.15) is 5.10 Å². The third-order valence-electron chi connectivity index (χ3n) is 7.46. The summed E-state index contributed by atoms with van der Waals surface area (Å²) >= 11 is 0. The molecular weight excluding hydrogens is 428 g/mol. The van der Waals surface area contributed by atoms with Crippen molar-refractivity contribution in [3.8, 4) is 16.9 Å². The number of fused-ring (bicyclic) bond motifs is 1. The Morgan fingerprint density at radius 1 is 1.21 bits per heavy atom. The lowest BCUT2D eigenvalue weighted by Crippen LogP contribution is -2.43. The van der Waals surface area contributed by atoms with E-state index in [1.165, 1.54) is 19.4 Å². The number of hydrogen-bond donors (Lipinski definition) is 1. The van der Waals surface area contributed by atoms with Gasteiger partial charge in [0.05, 0.1) is 6.20 Å². The van der Waals surface area contributed by atoms with Gasteiger partial charge in [-0.1, -0.05) is 32.9 Å². The number of nitrogens with zero attached hydrogens (tertiary/aromatic N) is 4. The first-order valence-corrected chi connectivity index (χ1v) is 15.1. The second-order valence-corrected chi connectivity index (χ2v) is 15.6. The standard InChI is InChI=1S/C26H38N4O2Si/c1-26(2,3)33(4,5)32-17-16-29-14-7-9-22(29)12-11-21-13-15-30-25(28-21)24(19-27-30)20-8-6-10-23(31)18-20/h6,8,10,13,15,18-19,22,31H,7,9,11-12,14,16-17H2,1-5H3. The molecule has 1 aliphatic heterocycles. The molecule has 1 aliphatic rings. The van der Waals surface area contributed by atoms with Crippen LogP contribution < -0.4 is 0 Å². The van der Waals surface area contributed by atoms with E-state index in [0.29, 0.717) is 6.04 Å². The van der Waals surface area contributed by atoms with Gasteiger partial charge in [0, 0.05) is 36.6 Å². The number of hydrogen-bond acceptors (Lipinski definition) is 5.